The smallest absolute Gasteiger partial charge is 0.155 e. The predicted octanol–water partition coefficient (Wildman–Crippen LogP) is 4.72. The zero-order chi connectivity index (χ0) is 21.5. The summed E-state index contributed by atoms with van der Waals surface area (Å²) < 4.78 is 30.3. The highest BCUT2D eigenvalue weighted by atomic mass is 32.2. The summed E-state index contributed by atoms with van der Waals surface area (Å²) in [4.78, 5) is 7.20. The number of aliphatic imine (C=N–C) groups is 1. The largest absolute Gasteiger partial charge is 0.490 e. The zero-order valence-electron chi connectivity index (χ0n) is 18.6. The fraction of sp³-hybridized carbons (Fsp3) is 0.625. The zero-order valence-corrected chi connectivity index (χ0v) is 19.5. The number of ether oxygens (including phenoxy) is 1. The average molecular weight is 431 g/mol. The maximum absolute atomic E-state index is 12.5. The van der Waals surface area contributed by atoms with E-state index in [9.17, 15) is 8.42 Å². The molecule has 3 aliphatic rings. The first-order valence-corrected chi connectivity index (χ1v) is 12.8. The van der Waals surface area contributed by atoms with Crippen molar-refractivity contribution in [2.24, 2.45) is 16.8 Å². The molecular formula is C24H34N2O3S. The van der Waals surface area contributed by atoms with Crippen LogP contribution in [-0.2, 0) is 9.84 Å². The molecule has 0 spiro atoms. The van der Waals surface area contributed by atoms with E-state index in [1.54, 1.807) is 20.8 Å². The topological polar surface area (TPSA) is 59.0 Å². The molecule has 0 bridgehead atoms. The number of rotatable bonds is 4. The van der Waals surface area contributed by atoms with Gasteiger partial charge in [0.15, 0.2) is 9.84 Å². The molecule has 4 rings (SSSR count). The number of benzene rings is 1. The van der Waals surface area contributed by atoms with Crippen LogP contribution in [0.2, 0.25) is 0 Å². The SMILES string of the molecule is CN1CCOc2cc(C3=CCC(C4CCC(CS(=O)(=O)C(C)(C)C)CC4)=N3)ccc21. The molecule has 0 N–H and O–H groups in total. The van der Waals surface area contributed by atoms with Gasteiger partial charge in [0.2, 0.25) is 0 Å². The molecule has 1 aliphatic carbocycles. The number of hydrogen-bond acceptors (Lipinski definition) is 5. The molecule has 1 saturated carbocycles. The maximum atomic E-state index is 12.5. The lowest BCUT2D eigenvalue weighted by molar-refractivity contribution is 0.311. The molecule has 0 saturated heterocycles. The lowest BCUT2D eigenvalue weighted by Gasteiger charge is -2.30. The van der Waals surface area contributed by atoms with Crippen molar-refractivity contribution in [1.29, 1.82) is 0 Å². The molecule has 1 fully saturated rings. The van der Waals surface area contributed by atoms with E-state index in [1.807, 2.05) is 0 Å². The van der Waals surface area contributed by atoms with Gasteiger partial charge in [0, 0.05) is 24.7 Å². The molecule has 2 aliphatic heterocycles. The molecule has 6 heteroatoms. The number of hydrogen-bond donors (Lipinski definition) is 0. The van der Waals surface area contributed by atoms with Gasteiger partial charge < -0.3 is 9.64 Å². The average Bonchev–Trinajstić information content (AvgIpc) is 3.17. The van der Waals surface area contributed by atoms with Crippen LogP contribution in [0.5, 0.6) is 5.75 Å². The van der Waals surface area contributed by atoms with E-state index in [-0.39, 0.29) is 5.92 Å². The van der Waals surface area contributed by atoms with Crippen LogP contribution in [0.15, 0.2) is 29.3 Å². The lowest BCUT2D eigenvalue weighted by Crippen LogP contribution is -2.34. The molecule has 0 aromatic heterocycles. The Morgan fingerprint density at radius 2 is 1.90 bits per heavy atom. The van der Waals surface area contributed by atoms with E-state index < -0.39 is 14.6 Å². The van der Waals surface area contributed by atoms with E-state index in [0.717, 1.165) is 61.3 Å². The van der Waals surface area contributed by atoms with Gasteiger partial charge in [0.25, 0.3) is 0 Å². The third-order valence-electron chi connectivity index (χ3n) is 6.83. The standard InChI is InChI=1S/C24H34N2O3S/c1-24(2,3)30(27,28)16-17-5-7-18(8-6-17)20-10-11-21(25-20)19-9-12-22-23(15-19)29-14-13-26(22)4/h9,11-12,15,17-18H,5-8,10,13-14,16H2,1-4H3. The van der Waals surface area contributed by atoms with Gasteiger partial charge in [-0.2, -0.15) is 0 Å². The van der Waals surface area contributed by atoms with Crippen LogP contribution in [0.25, 0.3) is 5.70 Å². The van der Waals surface area contributed by atoms with Crippen molar-refractivity contribution in [3.05, 3.63) is 29.8 Å². The summed E-state index contributed by atoms with van der Waals surface area (Å²) in [6, 6.07) is 6.37. The summed E-state index contributed by atoms with van der Waals surface area (Å²) in [6.07, 6.45) is 7.17. The molecular weight excluding hydrogens is 396 g/mol. The second-order valence-corrected chi connectivity index (χ2v) is 12.7. The van der Waals surface area contributed by atoms with Gasteiger partial charge in [-0.1, -0.05) is 12.1 Å². The van der Waals surface area contributed by atoms with Gasteiger partial charge in [-0.25, -0.2) is 8.42 Å². The van der Waals surface area contributed by atoms with E-state index in [2.05, 4.69) is 36.2 Å². The first kappa shape index (κ1) is 21.4. The fourth-order valence-corrected chi connectivity index (χ4v) is 6.08. The van der Waals surface area contributed by atoms with Crippen LogP contribution in [0.3, 0.4) is 0 Å². The molecule has 0 unspecified atom stereocenters. The van der Waals surface area contributed by atoms with Crippen LogP contribution in [0.4, 0.5) is 5.69 Å². The van der Waals surface area contributed by atoms with Crippen LogP contribution in [-0.4, -0.2) is 44.8 Å². The summed E-state index contributed by atoms with van der Waals surface area (Å²) in [5.41, 5.74) is 4.56. The van der Waals surface area contributed by atoms with E-state index >= 15 is 0 Å². The Hall–Kier alpha value is -1.82. The van der Waals surface area contributed by atoms with Gasteiger partial charge >= 0.3 is 0 Å². The second-order valence-electron chi connectivity index (χ2n) is 9.96. The number of allylic oxidation sites excluding steroid dienone is 1. The summed E-state index contributed by atoms with van der Waals surface area (Å²) in [7, 11) is -0.954. The Morgan fingerprint density at radius 3 is 2.60 bits per heavy atom. The Labute approximate surface area is 181 Å². The number of likely N-dealkylation sites (N-methyl/N-ethyl adjacent to an activating group) is 1. The summed E-state index contributed by atoms with van der Waals surface area (Å²) in [5.74, 6) is 2.02. The van der Waals surface area contributed by atoms with Crippen molar-refractivity contribution in [2.75, 3.05) is 30.9 Å². The number of sulfone groups is 1. The third-order valence-corrected chi connectivity index (χ3v) is 9.60. The van der Waals surface area contributed by atoms with Crippen molar-refractivity contribution < 1.29 is 13.2 Å². The maximum Gasteiger partial charge on any atom is 0.155 e. The minimum absolute atomic E-state index is 0.287. The number of anilines is 1. The first-order valence-electron chi connectivity index (χ1n) is 11.1. The molecule has 0 radical (unpaired) electrons. The van der Waals surface area contributed by atoms with Crippen molar-refractivity contribution in [1.82, 2.24) is 0 Å². The van der Waals surface area contributed by atoms with E-state index in [4.69, 9.17) is 9.73 Å². The predicted molar refractivity (Wildman–Crippen MR) is 124 cm³/mol. The molecule has 2 heterocycles. The lowest BCUT2D eigenvalue weighted by atomic mass is 9.80. The monoisotopic (exact) mass is 430 g/mol. The first-order chi connectivity index (χ1) is 14.1. The highest BCUT2D eigenvalue weighted by Crippen LogP contribution is 2.38. The van der Waals surface area contributed by atoms with E-state index in [1.165, 1.54) is 5.71 Å². The fourth-order valence-electron chi connectivity index (χ4n) is 4.63. The summed E-state index contributed by atoms with van der Waals surface area (Å²) in [5, 5.41) is 0. The van der Waals surface area contributed by atoms with Gasteiger partial charge in [0.1, 0.15) is 12.4 Å². The Bertz CT molecular complexity index is 965. The molecule has 0 atom stereocenters. The molecule has 0 amide bonds. The van der Waals surface area contributed by atoms with Gasteiger partial charge in [-0.15, -0.1) is 0 Å². The van der Waals surface area contributed by atoms with Crippen LogP contribution < -0.4 is 9.64 Å². The van der Waals surface area contributed by atoms with Crippen molar-refractivity contribution >= 4 is 26.9 Å². The summed E-state index contributed by atoms with van der Waals surface area (Å²) >= 11 is 0. The van der Waals surface area contributed by atoms with Gasteiger partial charge in [-0.05, 0) is 70.4 Å². The number of fused-ring (bicyclic) bond motifs is 1. The Morgan fingerprint density at radius 1 is 1.17 bits per heavy atom. The van der Waals surface area contributed by atoms with Crippen LogP contribution in [0.1, 0.15) is 58.4 Å². The Kier molecular flexibility index (Phi) is 5.73. The van der Waals surface area contributed by atoms with Crippen molar-refractivity contribution in [2.45, 2.75) is 57.6 Å². The van der Waals surface area contributed by atoms with Gasteiger partial charge in [0.05, 0.1) is 28.4 Å². The summed E-state index contributed by atoms with van der Waals surface area (Å²) in [6.45, 7) is 7.04. The quantitative estimate of drug-likeness (QED) is 0.693. The normalized spacial score (nSPS) is 24.7. The Balaban J connectivity index is 1.38. The molecule has 164 valence electrons. The third kappa shape index (κ3) is 4.29. The van der Waals surface area contributed by atoms with Crippen molar-refractivity contribution in [3.8, 4) is 5.75 Å². The minimum Gasteiger partial charge on any atom is -0.490 e. The minimum atomic E-state index is -3.05. The molecule has 30 heavy (non-hydrogen) atoms. The molecule has 5 nitrogen and oxygen atoms in total. The molecule has 1 aromatic rings. The highest BCUT2D eigenvalue weighted by molar-refractivity contribution is 7.92. The van der Waals surface area contributed by atoms with Crippen molar-refractivity contribution in [3.63, 3.8) is 0 Å². The highest BCUT2D eigenvalue weighted by Gasteiger charge is 2.34. The van der Waals surface area contributed by atoms with E-state index in [0.29, 0.717) is 18.3 Å². The van der Waals surface area contributed by atoms with Crippen LogP contribution in [0, 0.1) is 11.8 Å². The second kappa shape index (κ2) is 8.03. The van der Waals surface area contributed by atoms with Gasteiger partial charge in [-0.3, -0.25) is 4.99 Å². The number of nitrogens with zero attached hydrogens (tertiary/aromatic N) is 2. The molecule has 1 aromatic carbocycles. The van der Waals surface area contributed by atoms with Crippen LogP contribution >= 0.6 is 0 Å².